The van der Waals surface area contributed by atoms with Gasteiger partial charge in [-0.05, 0) is 53.9 Å². The lowest BCUT2D eigenvalue weighted by Gasteiger charge is -2.25. The zero-order chi connectivity index (χ0) is 22.1. The lowest BCUT2D eigenvalue weighted by molar-refractivity contribution is 0.0714. The number of hydrogen-bond donors (Lipinski definition) is 0. The molecule has 1 aliphatic heterocycles. The number of hydrogen-bond acceptors (Lipinski definition) is 5. The van der Waals surface area contributed by atoms with Crippen LogP contribution < -0.4 is 10.2 Å². The van der Waals surface area contributed by atoms with Crippen LogP contribution in [0.1, 0.15) is 46.6 Å². The summed E-state index contributed by atoms with van der Waals surface area (Å²) in [5.74, 6) is 0.571. The molecule has 2 aromatic heterocycles. The van der Waals surface area contributed by atoms with Crippen molar-refractivity contribution in [3.05, 3.63) is 106 Å². The molecule has 0 aliphatic carbocycles. The highest BCUT2D eigenvalue weighted by Gasteiger charge is 2.42. The number of amides is 1. The molecule has 0 N–H and O–H groups in total. The maximum atomic E-state index is 13.5. The number of nitrogens with zero attached hydrogens (tertiary/aromatic N) is 2. The van der Waals surface area contributed by atoms with E-state index in [2.05, 4.69) is 11.9 Å². The number of ether oxygens (including phenoxy) is 1. The highest BCUT2D eigenvalue weighted by atomic mass is 16.5. The second kappa shape index (κ2) is 8.30. The monoisotopic (exact) mass is 426 g/mol. The Bertz CT molecular complexity index is 1330. The summed E-state index contributed by atoms with van der Waals surface area (Å²) in [6.45, 7) is 3.02. The number of benzene rings is 2. The fourth-order valence-corrected chi connectivity index (χ4v) is 4.13. The Kier molecular flexibility index (Phi) is 5.19. The van der Waals surface area contributed by atoms with Gasteiger partial charge in [0.05, 0.1) is 23.6 Å². The summed E-state index contributed by atoms with van der Waals surface area (Å²) in [5.41, 5.74) is 2.37. The van der Waals surface area contributed by atoms with E-state index < -0.39 is 6.04 Å². The molecule has 5 rings (SSSR count). The Hall–Kier alpha value is -3.93. The van der Waals surface area contributed by atoms with Crippen molar-refractivity contribution >= 4 is 16.9 Å². The molecule has 0 radical (unpaired) electrons. The van der Waals surface area contributed by atoms with Gasteiger partial charge in [-0.3, -0.25) is 14.6 Å². The van der Waals surface area contributed by atoms with Crippen molar-refractivity contribution in [1.29, 1.82) is 0 Å². The van der Waals surface area contributed by atoms with Crippen molar-refractivity contribution in [1.82, 2.24) is 9.88 Å². The highest BCUT2D eigenvalue weighted by molar-refractivity contribution is 5.99. The Labute approximate surface area is 185 Å². The van der Waals surface area contributed by atoms with Crippen molar-refractivity contribution in [3.63, 3.8) is 0 Å². The van der Waals surface area contributed by atoms with Gasteiger partial charge in [0.25, 0.3) is 5.91 Å². The van der Waals surface area contributed by atoms with Gasteiger partial charge < -0.3 is 14.1 Å². The molecule has 0 bridgehead atoms. The third-order valence-corrected chi connectivity index (χ3v) is 5.64. The minimum absolute atomic E-state index is 0.110. The molecule has 0 spiro atoms. The van der Waals surface area contributed by atoms with Gasteiger partial charge in [-0.2, -0.15) is 0 Å². The molecule has 0 saturated carbocycles. The molecule has 32 heavy (non-hydrogen) atoms. The van der Waals surface area contributed by atoms with Crippen LogP contribution in [0.15, 0.2) is 82.3 Å². The van der Waals surface area contributed by atoms with Gasteiger partial charge in [0.15, 0.2) is 5.43 Å². The maximum Gasteiger partial charge on any atom is 0.291 e. The number of carbonyl (C=O) groups is 1. The Morgan fingerprint density at radius 1 is 1.00 bits per heavy atom. The van der Waals surface area contributed by atoms with Gasteiger partial charge in [0.2, 0.25) is 5.76 Å². The number of carbonyl (C=O) groups excluding carboxylic acids is 1. The largest absolute Gasteiger partial charge is 0.494 e. The quantitative estimate of drug-likeness (QED) is 0.446. The first-order chi connectivity index (χ1) is 15.7. The van der Waals surface area contributed by atoms with Crippen LogP contribution in [-0.2, 0) is 6.54 Å². The summed E-state index contributed by atoms with van der Waals surface area (Å²) < 4.78 is 11.7. The fourth-order valence-electron chi connectivity index (χ4n) is 4.13. The molecule has 0 unspecified atom stereocenters. The summed E-state index contributed by atoms with van der Waals surface area (Å²) >= 11 is 0. The van der Waals surface area contributed by atoms with Crippen LogP contribution in [0.3, 0.4) is 0 Å². The van der Waals surface area contributed by atoms with Crippen molar-refractivity contribution in [2.75, 3.05) is 6.61 Å². The molecular formula is C26H22N2O4. The fraction of sp³-hybridized carbons (Fsp3) is 0.192. The molecule has 1 atom stereocenters. The van der Waals surface area contributed by atoms with Crippen molar-refractivity contribution in [2.45, 2.75) is 25.9 Å². The van der Waals surface area contributed by atoms with E-state index in [1.54, 1.807) is 41.6 Å². The van der Waals surface area contributed by atoms with E-state index in [0.717, 1.165) is 23.3 Å². The number of aromatic nitrogens is 1. The number of pyridine rings is 1. The van der Waals surface area contributed by atoms with E-state index >= 15 is 0 Å². The first-order valence-electron chi connectivity index (χ1n) is 10.7. The summed E-state index contributed by atoms with van der Waals surface area (Å²) in [7, 11) is 0. The van der Waals surface area contributed by atoms with Crippen LogP contribution in [0, 0.1) is 0 Å². The molecule has 0 fully saturated rings. The highest BCUT2D eigenvalue weighted by Crippen LogP contribution is 2.39. The van der Waals surface area contributed by atoms with Crippen LogP contribution in [0.25, 0.3) is 11.0 Å². The van der Waals surface area contributed by atoms with Gasteiger partial charge in [0, 0.05) is 18.9 Å². The predicted octanol–water partition coefficient (Wildman–Crippen LogP) is 4.72. The van der Waals surface area contributed by atoms with E-state index in [0.29, 0.717) is 29.7 Å². The topological polar surface area (TPSA) is 72.6 Å². The zero-order valence-electron chi connectivity index (χ0n) is 17.7. The standard InChI is InChI=1S/C26H22N2O4/c1-2-15-31-19-9-7-18(8-10-19)23-22-24(29)20-5-3-4-6-21(20)32-25(22)26(30)28(23)16-17-11-13-27-14-12-17/h3-14,23H,2,15-16H2,1H3/t23-/m1/s1. The van der Waals surface area contributed by atoms with E-state index in [-0.39, 0.29) is 17.1 Å². The van der Waals surface area contributed by atoms with Gasteiger partial charge in [0.1, 0.15) is 11.3 Å². The number of rotatable bonds is 6. The van der Waals surface area contributed by atoms with Crippen LogP contribution in [0.2, 0.25) is 0 Å². The van der Waals surface area contributed by atoms with Gasteiger partial charge in [-0.25, -0.2) is 0 Å². The molecule has 1 aliphatic rings. The second-order valence-corrected chi connectivity index (χ2v) is 7.78. The summed E-state index contributed by atoms with van der Waals surface area (Å²) in [4.78, 5) is 32.7. The smallest absolute Gasteiger partial charge is 0.291 e. The number of fused-ring (bicyclic) bond motifs is 2. The van der Waals surface area contributed by atoms with E-state index in [1.807, 2.05) is 36.4 Å². The third kappa shape index (κ3) is 3.43. The summed E-state index contributed by atoms with van der Waals surface area (Å²) in [6.07, 6.45) is 4.30. The van der Waals surface area contributed by atoms with Crippen molar-refractivity contribution in [3.8, 4) is 5.75 Å². The molecule has 4 aromatic rings. The summed E-state index contributed by atoms with van der Waals surface area (Å²) in [6, 6.07) is 17.8. The van der Waals surface area contributed by atoms with E-state index in [9.17, 15) is 9.59 Å². The van der Waals surface area contributed by atoms with Crippen molar-refractivity contribution < 1.29 is 13.9 Å². The van der Waals surface area contributed by atoms with Crippen LogP contribution in [-0.4, -0.2) is 22.4 Å². The molecule has 2 aromatic carbocycles. The molecule has 160 valence electrons. The van der Waals surface area contributed by atoms with Gasteiger partial charge in [-0.1, -0.05) is 31.2 Å². The molecule has 3 heterocycles. The molecule has 0 saturated heterocycles. The SMILES string of the molecule is CCCOc1ccc([C@@H]2c3c(oc4ccccc4c3=O)C(=O)N2Cc2ccncc2)cc1. The van der Waals surface area contributed by atoms with E-state index in [4.69, 9.17) is 9.15 Å². The Morgan fingerprint density at radius 3 is 2.50 bits per heavy atom. The number of para-hydroxylation sites is 1. The normalized spacial score (nSPS) is 15.2. The Balaban J connectivity index is 1.64. The first kappa shape index (κ1) is 20.0. The molecular weight excluding hydrogens is 404 g/mol. The second-order valence-electron chi connectivity index (χ2n) is 7.78. The first-order valence-corrected chi connectivity index (χ1v) is 10.7. The lowest BCUT2D eigenvalue weighted by Crippen LogP contribution is -2.29. The van der Waals surface area contributed by atoms with Gasteiger partial charge in [-0.15, -0.1) is 0 Å². The maximum absolute atomic E-state index is 13.5. The van der Waals surface area contributed by atoms with Crippen LogP contribution in [0.4, 0.5) is 0 Å². The minimum Gasteiger partial charge on any atom is -0.494 e. The average Bonchev–Trinajstić information content (AvgIpc) is 3.10. The van der Waals surface area contributed by atoms with E-state index in [1.165, 1.54) is 0 Å². The molecule has 1 amide bonds. The van der Waals surface area contributed by atoms with Crippen molar-refractivity contribution in [2.24, 2.45) is 0 Å². The zero-order valence-corrected chi connectivity index (χ0v) is 17.7. The molecule has 6 heteroatoms. The Morgan fingerprint density at radius 2 is 1.75 bits per heavy atom. The van der Waals surface area contributed by atoms with Crippen LogP contribution >= 0.6 is 0 Å². The lowest BCUT2D eigenvalue weighted by atomic mass is 9.98. The minimum atomic E-state index is -0.549. The predicted molar refractivity (Wildman–Crippen MR) is 121 cm³/mol. The third-order valence-electron chi connectivity index (χ3n) is 5.64. The average molecular weight is 426 g/mol. The summed E-state index contributed by atoms with van der Waals surface area (Å²) in [5, 5.41) is 0.470. The van der Waals surface area contributed by atoms with Gasteiger partial charge >= 0.3 is 0 Å². The molecule has 6 nitrogen and oxygen atoms in total. The van der Waals surface area contributed by atoms with Crippen LogP contribution in [0.5, 0.6) is 5.75 Å².